The first-order valence-corrected chi connectivity index (χ1v) is 10.1. The number of nitrogens with zero attached hydrogens (tertiary/aromatic N) is 3. The van der Waals surface area contributed by atoms with Gasteiger partial charge in [0, 0.05) is 36.9 Å². The third-order valence-electron chi connectivity index (χ3n) is 5.22. The minimum absolute atomic E-state index is 0.0271. The lowest BCUT2D eigenvalue weighted by atomic mass is 10.0. The van der Waals surface area contributed by atoms with Gasteiger partial charge < -0.3 is 14.2 Å². The fraction of sp³-hybridized carbons (Fsp3) is 0.450. The van der Waals surface area contributed by atoms with Crippen LogP contribution in [0, 0.1) is 5.92 Å². The lowest BCUT2D eigenvalue weighted by Gasteiger charge is -2.28. The Morgan fingerprint density at radius 1 is 1.32 bits per heavy atom. The van der Waals surface area contributed by atoms with E-state index in [0.29, 0.717) is 47.7 Å². The minimum Gasteiger partial charge on any atom is -0.445 e. The van der Waals surface area contributed by atoms with Crippen molar-refractivity contribution in [3.8, 4) is 0 Å². The first-order valence-electron chi connectivity index (χ1n) is 9.36. The van der Waals surface area contributed by atoms with Gasteiger partial charge in [0.05, 0.1) is 23.2 Å². The summed E-state index contributed by atoms with van der Waals surface area (Å²) in [5, 5.41) is 0.908. The van der Waals surface area contributed by atoms with Crippen molar-refractivity contribution in [2.75, 3.05) is 18.0 Å². The van der Waals surface area contributed by atoms with Gasteiger partial charge in [-0.2, -0.15) is 0 Å². The standard InChI is InChI=1S/C20H21Cl2N3O3/c1-11(2)19-23-15-10-24(6-5-17(15)28-19)20(27)12-7-18(26)25(9-12)16-4-3-13(21)8-14(16)22/h3-4,8,11-12H,5-7,9-10H2,1-2H3. The van der Waals surface area contributed by atoms with Crippen LogP contribution in [-0.4, -0.2) is 34.8 Å². The Labute approximate surface area is 173 Å². The number of carbonyl (C=O) groups is 2. The predicted octanol–water partition coefficient (Wildman–Crippen LogP) is 4.04. The summed E-state index contributed by atoms with van der Waals surface area (Å²) in [6, 6.07) is 5.00. The van der Waals surface area contributed by atoms with E-state index in [-0.39, 0.29) is 24.2 Å². The molecule has 0 N–H and O–H groups in total. The molecule has 0 radical (unpaired) electrons. The van der Waals surface area contributed by atoms with E-state index in [1.807, 2.05) is 13.8 Å². The normalized spacial score (nSPS) is 19.5. The van der Waals surface area contributed by atoms with E-state index in [0.717, 1.165) is 11.5 Å². The first-order chi connectivity index (χ1) is 13.3. The molecule has 0 spiro atoms. The van der Waals surface area contributed by atoms with Gasteiger partial charge in [0.25, 0.3) is 0 Å². The summed E-state index contributed by atoms with van der Waals surface area (Å²) >= 11 is 12.2. The quantitative estimate of drug-likeness (QED) is 0.749. The van der Waals surface area contributed by atoms with Crippen molar-refractivity contribution in [2.24, 2.45) is 5.92 Å². The Morgan fingerprint density at radius 2 is 2.11 bits per heavy atom. The van der Waals surface area contributed by atoms with E-state index in [1.165, 1.54) is 0 Å². The highest BCUT2D eigenvalue weighted by Gasteiger charge is 2.39. The second-order valence-corrected chi connectivity index (χ2v) is 8.43. The molecule has 2 aromatic rings. The topological polar surface area (TPSA) is 66.7 Å². The maximum absolute atomic E-state index is 13.0. The highest BCUT2D eigenvalue weighted by Crippen LogP contribution is 2.34. The molecular formula is C20H21Cl2N3O3. The number of amides is 2. The predicted molar refractivity (Wildman–Crippen MR) is 107 cm³/mol. The Balaban J connectivity index is 1.48. The molecule has 0 saturated carbocycles. The molecule has 2 aliphatic rings. The Hall–Kier alpha value is -2.05. The molecule has 0 bridgehead atoms. The number of benzene rings is 1. The maximum Gasteiger partial charge on any atom is 0.228 e. The van der Waals surface area contributed by atoms with Crippen LogP contribution in [0.3, 0.4) is 0 Å². The maximum atomic E-state index is 13.0. The fourth-order valence-electron chi connectivity index (χ4n) is 3.72. The molecule has 8 heteroatoms. The van der Waals surface area contributed by atoms with Crippen molar-refractivity contribution in [1.82, 2.24) is 9.88 Å². The summed E-state index contributed by atoms with van der Waals surface area (Å²) in [5.41, 5.74) is 1.41. The molecule has 1 atom stereocenters. The van der Waals surface area contributed by atoms with E-state index in [2.05, 4.69) is 4.98 Å². The van der Waals surface area contributed by atoms with Crippen LogP contribution in [0.5, 0.6) is 0 Å². The lowest BCUT2D eigenvalue weighted by Crippen LogP contribution is -2.40. The lowest BCUT2D eigenvalue weighted by molar-refractivity contribution is -0.136. The molecule has 4 rings (SSSR count). The molecule has 1 saturated heterocycles. The number of anilines is 1. The van der Waals surface area contributed by atoms with Crippen LogP contribution in [0.4, 0.5) is 5.69 Å². The van der Waals surface area contributed by atoms with Crippen molar-refractivity contribution < 1.29 is 14.0 Å². The average Bonchev–Trinajstić information content (AvgIpc) is 3.24. The number of carbonyl (C=O) groups excluding carboxylic acids is 2. The molecule has 148 valence electrons. The molecule has 1 aromatic heterocycles. The number of rotatable bonds is 3. The van der Waals surface area contributed by atoms with Crippen LogP contribution in [-0.2, 0) is 22.6 Å². The summed E-state index contributed by atoms with van der Waals surface area (Å²) in [5.74, 6) is 1.25. The largest absolute Gasteiger partial charge is 0.445 e. The highest BCUT2D eigenvalue weighted by molar-refractivity contribution is 6.36. The van der Waals surface area contributed by atoms with Gasteiger partial charge in [-0.3, -0.25) is 9.59 Å². The Kier molecular flexibility index (Phi) is 5.10. The molecule has 2 amide bonds. The van der Waals surface area contributed by atoms with Crippen molar-refractivity contribution in [2.45, 2.75) is 39.2 Å². The zero-order chi connectivity index (χ0) is 20.0. The fourth-order valence-corrected chi connectivity index (χ4v) is 4.23. The van der Waals surface area contributed by atoms with Crippen molar-refractivity contribution in [1.29, 1.82) is 0 Å². The van der Waals surface area contributed by atoms with Gasteiger partial charge in [-0.25, -0.2) is 4.98 Å². The van der Waals surface area contributed by atoms with Crippen LogP contribution in [0.25, 0.3) is 0 Å². The summed E-state index contributed by atoms with van der Waals surface area (Å²) in [6.07, 6.45) is 0.825. The van der Waals surface area contributed by atoms with E-state index in [4.69, 9.17) is 27.6 Å². The second kappa shape index (κ2) is 7.41. The van der Waals surface area contributed by atoms with Crippen LogP contribution in [0.2, 0.25) is 10.0 Å². The molecule has 6 nitrogen and oxygen atoms in total. The molecule has 28 heavy (non-hydrogen) atoms. The van der Waals surface area contributed by atoms with Gasteiger partial charge in [0.1, 0.15) is 11.5 Å². The van der Waals surface area contributed by atoms with Crippen LogP contribution >= 0.6 is 23.2 Å². The molecule has 1 unspecified atom stereocenters. The highest BCUT2D eigenvalue weighted by atomic mass is 35.5. The van der Waals surface area contributed by atoms with Gasteiger partial charge in [-0.1, -0.05) is 37.0 Å². The first kappa shape index (κ1) is 19.3. The number of oxazole rings is 1. The van der Waals surface area contributed by atoms with E-state index >= 15 is 0 Å². The van der Waals surface area contributed by atoms with Crippen molar-refractivity contribution >= 4 is 40.7 Å². The molecule has 3 heterocycles. The summed E-state index contributed by atoms with van der Waals surface area (Å²) < 4.78 is 5.80. The molecule has 1 fully saturated rings. The zero-order valence-electron chi connectivity index (χ0n) is 15.7. The summed E-state index contributed by atoms with van der Waals surface area (Å²) in [7, 11) is 0. The number of aromatic nitrogens is 1. The minimum atomic E-state index is -0.391. The van der Waals surface area contributed by atoms with Crippen LogP contribution in [0.15, 0.2) is 22.6 Å². The van der Waals surface area contributed by atoms with Gasteiger partial charge >= 0.3 is 0 Å². The monoisotopic (exact) mass is 421 g/mol. The van der Waals surface area contributed by atoms with Crippen molar-refractivity contribution in [3.05, 3.63) is 45.6 Å². The van der Waals surface area contributed by atoms with Crippen LogP contribution in [0.1, 0.15) is 43.5 Å². The third-order valence-corrected chi connectivity index (χ3v) is 5.76. The van der Waals surface area contributed by atoms with Gasteiger partial charge in [0.2, 0.25) is 11.8 Å². The molecular weight excluding hydrogens is 401 g/mol. The van der Waals surface area contributed by atoms with Crippen molar-refractivity contribution in [3.63, 3.8) is 0 Å². The molecule has 1 aromatic carbocycles. The van der Waals surface area contributed by atoms with E-state index < -0.39 is 5.92 Å². The Bertz CT molecular complexity index is 941. The number of hydrogen-bond donors (Lipinski definition) is 0. The molecule has 2 aliphatic heterocycles. The molecule has 0 aliphatic carbocycles. The summed E-state index contributed by atoms with van der Waals surface area (Å²) in [4.78, 5) is 33.5. The summed E-state index contributed by atoms with van der Waals surface area (Å²) in [6.45, 7) is 5.38. The third kappa shape index (κ3) is 3.51. The second-order valence-electron chi connectivity index (χ2n) is 7.59. The van der Waals surface area contributed by atoms with E-state index in [9.17, 15) is 9.59 Å². The van der Waals surface area contributed by atoms with Crippen LogP contribution < -0.4 is 4.90 Å². The zero-order valence-corrected chi connectivity index (χ0v) is 17.3. The van der Waals surface area contributed by atoms with E-state index in [1.54, 1.807) is 28.0 Å². The average molecular weight is 422 g/mol. The SMILES string of the molecule is CC(C)c1nc2c(o1)CCN(C(=O)C1CC(=O)N(c3ccc(Cl)cc3Cl)C1)C2. The number of hydrogen-bond acceptors (Lipinski definition) is 4. The smallest absolute Gasteiger partial charge is 0.228 e. The number of halogens is 2. The van der Waals surface area contributed by atoms with Gasteiger partial charge in [0.15, 0.2) is 5.89 Å². The van der Waals surface area contributed by atoms with Gasteiger partial charge in [-0.05, 0) is 18.2 Å². The Morgan fingerprint density at radius 3 is 2.82 bits per heavy atom. The van der Waals surface area contributed by atoms with Gasteiger partial charge in [-0.15, -0.1) is 0 Å². The number of fused-ring (bicyclic) bond motifs is 1.